The Bertz CT molecular complexity index is 947. The van der Waals surface area contributed by atoms with E-state index in [4.69, 9.17) is 9.47 Å². The molecule has 1 N–H and O–H groups in total. The van der Waals surface area contributed by atoms with E-state index in [0.717, 1.165) is 48.1 Å². The average Bonchev–Trinajstić information content (AvgIpc) is 3.15. The highest BCUT2D eigenvalue weighted by molar-refractivity contribution is 5.80. The summed E-state index contributed by atoms with van der Waals surface area (Å²) in [6.45, 7) is 8.31. The fraction of sp³-hybridized carbons (Fsp3) is 0.375. The highest BCUT2D eigenvalue weighted by atomic mass is 16.5. The number of benzene rings is 2. The topological polar surface area (TPSA) is 48.3 Å². The Labute approximate surface area is 173 Å². The molecule has 0 spiro atoms. The molecule has 0 saturated heterocycles. The maximum Gasteiger partial charge on any atom is 0.161 e. The molecule has 5 heteroatoms. The monoisotopic (exact) mass is 393 g/mol. The Morgan fingerprint density at radius 3 is 2.48 bits per heavy atom. The molecule has 5 nitrogen and oxygen atoms in total. The predicted octanol–water partition coefficient (Wildman–Crippen LogP) is 5.50. The number of rotatable bonds is 9. The molecule has 0 aliphatic heterocycles. The molecule has 0 aliphatic rings. The SMILES string of the molecule is COc1ccc(-c2cc(C(C)C)ccc2NCCCn2ccnc2C)cc1OC. The van der Waals surface area contributed by atoms with Gasteiger partial charge in [0.15, 0.2) is 11.5 Å². The molecule has 0 fully saturated rings. The van der Waals surface area contributed by atoms with E-state index in [1.54, 1.807) is 14.2 Å². The van der Waals surface area contributed by atoms with Gasteiger partial charge in [0, 0.05) is 36.7 Å². The standard InChI is InChI=1S/C24H31N3O2/c1-17(2)19-7-9-22(26-11-6-13-27-14-12-25-18(27)3)21(15-19)20-8-10-23(28-4)24(16-20)29-5/h7-10,12,14-17,26H,6,11,13H2,1-5H3. The van der Waals surface area contributed by atoms with Gasteiger partial charge in [-0.25, -0.2) is 4.98 Å². The summed E-state index contributed by atoms with van der Waals surface area (Å²) in [5.41, 5.74) is 4.73. The first-order valence-electron chi connectivity index (χ1n) is 10.1. The number of anilines is 1. The van der Waals surface area contributed by atoms with Crippen LogP contribution in [0, 0.1) is 6.92 Å². The zero-order valence-corrected chi connectivity index (χ0v) is 18.0. The lowest BCUT2D eigenvalue weighted by Gasteiger charge is -2.17. The summed E-state index contributed by atoms with van der Waals surface area (Å²) in [6, 6.07) is 12.7. The number of nitrogens with zero attached hydrogens (tertiary/aromatic N) is 2. The molecule has 0 bridgehead atoms. The Morgan fingerprint density at radius 1 is 1.03 bits per heavy atom. The zero-order valence-electron chi connectivity index (χ0n) is 18.0. The fourth-order valence-electron chi connectivity index (χ4n) is 3.43. The number of aromatic nitrogens is 2. The van der Waals surface area contributed by atoms with Crippen LogP contribution in [0.5, 0.6) is 11.5 Å². The highest BCUT2D eigenvalue weighted by Gasteiger charge is 2.12. The zero-order chi connectivity index (χ0) is 20.8. The van der Waals surface area contributed by atoms with Crippen molar-refractivity contribution in [1.29, 1.82) is 0 Å². The number of nitrogens with one attached hydrogen (secondary N) is 1. The van der Waals surface area contributed by atoms with Gasteiger partial charge in [0.1, 0.15) is 5.82 Å². The lowest BCUT2D eigenvalue weighted by Crippen LogP contribution is -2.08. The van der Waals surface area contributed by atoms with Crippen LogP contribution in [-0.4, -0.2) is 30.3 Å². The van der Waals surface area contributed by atoms with E-state index >= 15 is 0 Å². The molecular weight excluding hydrogens is 362 g/mol. The van der Waals surface area contributed by atoms with E-state index in [-0.39, 0.29) is 0 Å². The first-order chi connectivity index (χ1) is 14.0. The average molecular weight is 394 g/mol. The molecule has 3 aromatic rings. The fourth-order valence-corrected chi connectivity index (χ4v) is 3.43. The second-order valence-corrected chi connectivity index (χ2v) is 7.48. The lowest BCUT2D eigenvalue weighted by molar-refractivity contribution is 0.355. The van der Waals surface area contributed by atoms with Gasteiger partial charge in [-0.1, -0.05) is 26.0 Å². The molecule has 1 heterocycles. The number of hydrogen-bond donors (Lipinski definition) is 1. The second-order valence-electron chi connectivity index (χ2n) is 7.48. The summed E-state index contributed by atoms with van der Waals surface area (Å²) < 4.78 is 13.1. The smallest absolute Gasteiger partial charge is 0.161 e. The van der Waals surface area contributed by atoms with Gasteiger partial charge in [0.25, 0.3) is 0 Å². The molecule has 0 radical (unpaired) electrons. The minimum absolute atomic E-state index is 0.465. The van der Waals surface area contributed by atoms with Gasteiger partial charge >= 0.3 is 0 Å². The van der Waals surface area contributed by atoms with Crippen molar-refractivity contribution < 1.29 is 9.47 Å². The van der Waals surface area contributed by atoms with Crippen LogP contribution >= 0.6 is 0 Å². The lowest BCUT2D eigenvalue weighted by atomic mass is 9.95. The van der Waals surface area contributed by atoms with Gasteiger partial charge in [0.05, 0.1) is 14.2 Å². The van der Waals surface area contributed by atoms with Crippen molar-refractivity contribution in [2.45, 2.75) is 39.7 Å². The van der Waals surface area contributed by atoms with Gasteiger partial charge in [-0.15, -0.1) is 0 Å². The van der Waals surface area contributed by atoms with Crippen molar-refractivity contribution >= 4 is 5.69 Å². The summed E-state index contributed by atoms with van der Waals surface area (Å²) in [5, 5.41) is 3.62. The van der Waals surface area contributed by atoms with Crippen LogP contribution in [0.15, 0.2) is 48.8 Å². The van der Waals surface area contributed by atoms with Gasteiger partial charge < -0.3 is 19.4 Å². The van der Waals surface area contributed by atoms with Crippen LogP contribution in [0.3, 0.4) is 0 Å². The van der Waals surface area contributed by atoms with Crippen LogP contribution in [0.2, 0.25) is 0 Å². The van der Waals surface area contributed by atoms with Gasteiger partial charge in [-0.05, 0) is 54.7 Å². The van der Waals surface area contributed by atoms with E-state index in [0.29, 0.717) is 5.92 Å². The first kappa shape index (κ1) is 20.8. The summed E-state index contributed by atoms with van der Waals surface area (Å²) in [6.07, 6.45) is 4.90. The largest absolute Gasteiger partial charge is 0.493 e. The molecule has 154 valence electrons. The van der Waals surface area contributed by atoms with E-state index in [9.17, 15) is 0 Å². The van der Waals surface area contributed by atoms with Crippen LogP contribution in [0.1, 0.15) is 37.6 Å². The van der Waals surface area contributed by atoms with Gasteiger partial charge in [0.2, 0.25) is 0 Å². The number of imidazole rings is 1. The third-order valence-electron chi connectivity index (χ3n) is 5.22. The van der Waals surface area contributed by atoms with Crippen molar-refractivity contribution in [2.75, 3.05) is 26.1 Å². The molecule has 1 aromatic heterocycles. The van der Waals surface area contributed by atoms with Crippen molar-refractivity contribution in [2.24, 2.45) is 0 Å². The van der Waals surface area contributed by atoms with Crippen molar-refractivity contribution in [3.63, 3.8) is 0 Å². The van der Waals surface area contributed by atoms with Crippen LogP contribution in [-0.2, 0) is 6.54 Å². The highest BCUT2D eigenvalue weighted by Crippen LogP contribution is 2.37. The molecule has 0 aliphatic carbocycles. The van der Waals surface area contributed by atoms with Crippen molar-refractivity contribution in [3.8, 4) is 22.6 Å². The summed E-state index contributed by atoms with van der Waals surface area (Å²) in [7, 11) is 3.33. The Morgan fingerprint density at radius 2 is 1.83 bits per heavy atom. The molecular formula is C24H31N3O2. The number of hydrogen-bond acceptors (Lipinski definition) is 4. The quantitative estimate of drug-likeness (QED) is 0.488. The Balaban J connectivity index is 1.82. The third kappa shape index (κ3) is 4.91. The summed E-state index contributed by atoms with van der Waals surface area (Å²) in [4.78, 5) is 4.28. The maximum atomic E-state index is 5.51. The Kier molecular flexibility index (Phi) is 6.81. The van der Waals surface area contributed by atoms with Crippen molar-refractivity contribution in [3.05, 3.63) is 60.2 Å². The van der Waals surface area contributed by atoms with Gasteiger partial charge in [-0.2, -0.15) is 0 Å². The van der Waals surface area contributed by atoms with E-state index in [2.05, 4.69) is 53.0 Å². The number of methoxy groups -OCH3 is 2. The maximum absolute atomic E-state index is 5.51. The minimum atomic E-state index is 0.465. The minimum Gasteiger partial charge on any atom is -0.493 e. The van der Waals surface area contributed by atoms with Gasteiger partial charge in [-0.3, -0.25) is 0 Å². The predicted molar refractivity (Wildman–Crippen MR) is 119 cm³/mol. The summed E-state index contributed by atoms with van der Waals surface area (Å²) >= 11 is 0. The molecule has 3 rings (SSSR count). The number of aryl methyl sites for hydroxylation is 2. The van der Waals surface area contributed by atoms with E-state index < -0.39 is 0 Å². The van der Waals surface area contributed by atoms with Crippen LogP contribution in [0.4, 0.5) is 5.69 Å². The first-order valence-corrected chi connectivity index (χ1v) is 10.1. The second kappa shape index (κ2) is 9.50. The van der Waals surface area contributed by atoms with Crippen LogP contribution < -0.4 is 14.8 Å². The van der Waals surface area contributed by atoms with E-state index in [1.807, 2.05) is 31.5 Å². The molecule has 0 saturated carbocycles. The third-order valence-corrected chi connectivity index (χ3v) is 5.22. The molecule has 2 aromatic carbocycles. The van der Waals surface area contributed by atoms with Crippen LogP contribution in [0.25, 0.3) is 11.1 Å². The number of ether oxygens (including phenoxy) is 2. The van der Waals surface area contributed by atoms with Crippen molar-refractivity contribution in [1.82, 2.24) is 9.55 Å². The summed E-state index contributed by atoms with van der Waals surface area (Å²) in [5.74, 6) is 2.99. The Hall–Kier alpha value is -2.95. The molecule has 0 atom stereocenters. The molecule has 0 amide bonds. The normalized spacial score (nSPS) is 11.0. The van der Waals surface area contributed by atoms with E-state index in [1.165, 1.54) is 11.1 Å². The molecule has 29 heavy (non-hydrogen) atoms. The molecule has 0 unspecified atom stereocenters.